The van der Waals surface area contributed by atoms with Crippen molar-refractivity contribution in [3.8, 4) is 0 Å². The minimum absolute atomic E-state index is 0.330. The van der Waals surface area contributed by atoms with E-state index >= 15 is 0 Å². The Morgan fingerprint density at radius 1 is 1.56 bits per heavy atom. The summed E-state index contributed by atoms with van der Waals surface area (Å²) < 4.78 is 0. The lowest BCUT2D eigenvalue weighted by atomic mass is 10.1. The standard InChI is InChI=1S/C7H13NO/c1-5(2)4-6(3)7(8)9/h4-5H,1-3H3,(H2,8,9). The van der Waals surface area contributed by atoms with E-state index in [1.54, 1.807) is 6.92 Å². The number of amides is 1. The van der Waals surface area contributed by atoms with Crippen molar-refractivity contribution < 1.29 is 4.79 Å². The maximum atomic E-state index is 10.4. The van der Waals surface area contributed by atoms with E-state index in [1.807, 2.05) is 19.9 Å². The van der Waals surface area contributed by atoms with Crippen LogP contribution in [0.2, 0.25) is 0 Å². The highest BCUT2D eigenvalue weighted by atomic mass is 16.1. The first kappa shape index (κ1) is 8.21. The van der Waals surface area contributed by atoms with E-state index in [4.69, 9.17) is 5.73 Å². The van der Waals surface area contributed by atoms with E-state index in [0.717, 1.165) is 0 Å². The summed E-state index contributed by atoms with van der Waals surface area (Å²) in [4.78, 5) is 10.4. The zero-order valence-corrected chi connectivity index (χ0v) is 6.14. The summed E-state index contributed by atoms with van der Waals surface area (Å²) in [5.41, 5.74) is 5.62. The molecule has 0 aliphatic rings. The van der Waals surface area contributed by atoms with Crippen LogP contribution in [0.15, 0.2) is 11.6 Å². The first-order chi connectivity index (χ1) is 4.04. The fraction of sp³-hybridized carbons (Fsp3) is 0.571. The van der Waals surface area contributed by atoms with E-state index in [0.29, 0.717) is 11.5 Å². The highest BCUT2D eigenvalue weighted by Gasteiger charge is 1.96. The lowest BCUT2D eigenvalue weighted by molar-refractivity contribution is -0.114. The lowest BCUT2D eigenvalue weighted by Crippen LogP contribution is -2.12. The number of rotatable bonds is 2. The summed E-state index contributed by atoms with van der Waals surface area (Å²) in [7, 11) is 0. The lowest BCUT2D eigenvalue weighted by Gasteiger charge is -1.96. The molecule has 2 N–H and O–H groups in total. The molecule has 0 unspecified atom stereocenters. The van der Waals surface area contributed by atoms with Crippen molar-refractivity contribution in [1.82, 2.24) is 0 Å². The summed E-state index contributed by atoms with van der Waals surface area (Å²) in [6.45, 7) is 5.74. The Labute approximate surface area is 55.7 Å². The maximum absolute atomic E-state index is 10.4. The number of hydrogen-bond acceptors (Lipinski definition) is 1. The van der Waals surface area contributed by atoms with E-state index < -0.39 is 0 Å². The van der Waals surface area contributed by atoms with Crippen LogP contribution in [0.4, 0.5) is 0 Å². The molecule has 0 radical (unpaired) electrons. The molecular formula is C7H13NO. The molecule has 0 saturated carbocycles. The van der Waals surface area contributed by atoms with Crippen molar-refractivity contribution in [3.05, 3.63) is 11.6 Å². The second-order valence-corrected chi connectivity index (χ2v) is 2.46. The van der Waals surface area contributed by atoms with Crippen LogP contribution in [0, 0.1) is 5.92 Å². The molecule has 2 nitrogen and oxygen atoms in total. The predicted octanol–water partition coefficient (Wildman–Crippen LogP) is 1.07. The van der Waals surface area contributed by atoms with Crippen LogP contribution in [0.1, 0.15) is 20.8 Å². The van der Waals surface area contributed by atoms with Gasteiger partial charge >= 0.3 is 0 Å². The molecule has 0 atom stereocenters. The summed E-state index contributed by atoms with van der Waals surface area (Å²) in [5, 5.41) is 0. The molecule has 0 aromatic heterocycles. The molecule has 0 aliphatic heterocycles. The van der Waals surface area contributed by atoms with E-state index in [9.17, 15) is 4.79 Å². The monoisotopic (exact) mass is 127 g/mol. The summed E-state index contributed by atoms with van der Waals surface area (Å²) in [6.07, 6.45) is 1.85. The molecule has 0 rings (SSSR count). The van der Waals surface area contributed by atoms with Gasteiger partial charge in [0, 0.05) is 5.57 Å². The van der Waals surface area contributed by atoms with Gasteiger partial charge < -0.3 is 5.73 Å². The second-order valence-electron chi connectivity index (χ2n) is 2.46. The van der Waals surface area contributed by atoms with Gasteiger partial charge in [-0.25, -0.2) is 0 Å². The summed E-state index contributed by atoms with van der Waals surface area (Å²) in [5.74, 6) is 0.0706. The van der Waals surface area contributed by atoms with Crippen molar-refractivity contribution >= 4 is 5.91 Å². The molecule has 2 heteroatoms. The van der Waals surface area contributed by atoms with Crippen molar-refractivity contribution in [2.45, 2.75) is 20.8 Å². The number of allylic oxidation sites excluding steroid dienone is 1. The number of hydrogen-bond donors (Lipinski definition) is 1. The van der Waals surface area contributed by atoms with E-state index in [-0.39, 0.29) is 5.91 Å². The van der Waals surface area contributed by atoms with Gasteiger partial charge in [0.15, 0.2) is 0 Å². The molecular weight excluding hydrogens is 114 g/mol. The van der Waals surface area contributed by atoms with Gasteiger partial charge in [0.2, 0.25) is 5.91 Å². The topological polar surface area (TPSA) is 43.1 Å². The third-order valence-electron chi connectivity index (χ3n) is 0.972. The molecule has 0 aromatic carbocycles. The SMILES string of the molecule is CC(=CC(C)C)C(N)=O. The molecule has 0 aliphatic carbocycles. The van der Waals surface area contributed by atoms with Crippen LogP contribution < -0.4 is 5.73 Å². The van der Waals surface area contributed by atoms with E-state index in [2.05, 4.69) is 0 Å². The highest BCUT2D eigenvalue weighted by molar-refractivity contribution is 5.91. The zero-order chi connectivity index (χ0) is 7.44. The van der Waals surface area contributed by atoms with Gasteiger partial charge in [-0.15, -0.1) is 0 Å². The minimum atomic E-state index is -0.330. The van der Waals surface area contributed by atoms with Crippen LogP contribution in [0.3, 0.4) is 0 Å². The molecule has 52 valence electrons. The maximum Gasteiger partial charge on any atom is 0.244 e. The molecule has 0 fully saturated rings. The first-order valence-corrected chi connectivity index (χ1v) is 3.02. The van der Waals surface area contributed by atoms with Gasteiger partial charge in [-0.05, 0) is 12.8 Å². The molecule has 0 bridgehead atoms. The van der Waals surface area contributed by atoms with Crippen molar-refractivity contribution in [2.24, 2.45) is 11.7 Å². The predicted molar refractivity (Wildman–Crippen MR) is 37.8 cm³/mol. The minimum Gasteiger partial charge on any atom is -0.366 e. The van der Waals surface area contributed by atoms with Crippen molar-refractivity contribution in [3.63, 3.8) is 0 Å². The zero-order valence-electron chi connectivity index (χ0n) is 6.14. The van der Waals surface area contributed by atoms with Gasteiger partial charge in [-0.1, -0.05) is 19.9 Å². The largest absolute Gasteiger partial charge is 0.366 e. The van der Waals surface area contributed by atoms with E-state index in [1.165, 1.54) is 0 Å². The normalized spacial score (nSPS) is 12.2. The fourth-order valence-electron chi connectivity index (χ4n) is 0.582. The van der Waals surface area contributed by atoms with Crippen molar-refractivity contribution in [1.29, 1.82) is 0 Å². The highest BCUT2D eigenvalue weighted by Crippen LogP contribution is 1.99. The van der Waals surface area contributed by atoms with Gasteiger partial charge in [0.25, 0.3) is 0 Å². The van der Waals surface area contributed by atoms with Gasteiger partial charge in [-0.3, -0.25) is 4.79 Å². The van der Waals surface area contributed by atoms with Gasteiger partial charge in [-0.2, -0.15) is 0 Å². The first-order valence-electron chi connectivity index (χ1n) is 3.02. The van der Waals surface area contributed by atoms with Crippen LogP contribution in [0.5, 0.6) is 0 Å². The van der Waals surface area contributed by atoms with Crippen LogP contribution >= 0.6 is 0 Å². The molecule has 0 spiro atoms. The molecule has 0 heterocycles. The molecule has 9 heavy (non-hydrogen) atoms. The number of carbonyl (C=O) groups excluding carboxylic acids is 1. The third kappa shape index (κ3) is 3.76. The number of nitrogens with two attached hydrogens (primary N) is 1. The Kier molecular flexibility index (Phi) is 2.99. The Balaban J connectivity index is 4.00. The van der Waals surface area contributed by atoms with Crippen LogP contribution in [-0.2, 0) is 4.79 Å². The molecule has 0 aromatic rings. The summed E-state index contributed by atoms with van der Waals surface area (Å²) >= 11 is 0. The number of primary amides is 1. The molecule has 0 saturated heterocycles. The van der Waals surface area contributed by atoms with Crippen molar-refractivity contribution in [2.75, 3.05) is 0 Å². The second kappa shape index (κ2) is 3.28. The Morgan fingerprint density at radius 2 is 2.00 bits per heavy atom. The summed E-state index contributed by atoms with van der Waals surface area (Å²) in [6, 6.07) is 0. The smallest absolute Gasteiger partial charge is 0.244 e. The van der Waals surface area contributed by atoms with Crippen LogP contribution in [0.25, 0.3) is 0 Å². The average molecular weight is 127 g/mol. The van der Waals surface area contributed by atoms with Crippen LogP contribution in [-0.4, -0.2) is 5.91 Å². The molecule has 1 amide bonds. The van der Waals surface area contributed by atoms with Gasteiger partial charge in [0.05, 0.1) is 0 Å². The third-order valence-corrected chi connectivity index (χ3v) is 0.972. The average Bonchev–Trinajstić information content (AvgIpc) is 1.63. The van der Waals surface area contributed by atoms with Gasteiger partial charge in [0.1, 0.15) is 0 Å². The number of carbonyl (C=O) groups is 1. The Bertz CT molecular complexity index is 136. The fourth-order valence-corrected chi connectivity index (χ4v) is 0.582. The Morgan fingerprint density at radius 3 is 2.11 bits per heavy atom. The quantitative estimate of drug-likeness (QED) is 0.554. The Hall–Kier alpha value is -0.790.